The third kappa shape index (κ3) is 5.21. The molecule has 0 aromatic carbocycles. The molecule has 120 valence electrons. The smallest absolute Gasteiger partial charge is 0.225 e. The summed E-state index contributed by atoms with van der Waals surface area (Å²) < 4.78 is 0. The monoisotopic (exact) mass is 294 g/mol. The molecule has 0 bridgehead atoms. The van der Waals surface area contributed by atoms with Crippen LogP contribution >= 0.6 is 0 Å². The maximum atomic E-state index is 12.0. The lowest BCUT2D eigenvalue weighted by molar-refractivity contribution is -0.133. The summed E-state index contributed by atoms with van der Waals surface area (Å²) in [5.41, 5.74) is 0. The standard InChI is InChI=1S/C16H30N4O/c1-4-17-16(18-9-7-13-5-6-13)19-14-8-10-20(11-14)15(21)12(2)3/h12-14H,4-11H2,1-3H3,(H2,17,18,19). The SMILES string of the molecule is CCNC(=NCCC1CC1)NC1CCN(C(=O)C(C)C)C1. The molecule has 2 fully saturated rings. The van der Waals surface area contributed by atoms with Gasteiger partial charge in [0.25, 0.3) is 0 Å². The Balaban J connectivity index is 1.78. The summed E-state index contributed by atoms with van der Waals surface area (Å²) in [5.74, 6) is 2.17. The normalized spacial score (nSPS) is 22.8. The highest BCUT2D eigenvalue weighted by Crippen LogP contribution is 2.32. The van der Waals surface area contributed by atoms with E-state index in [0.29, 0.717) is 6.04 Å². The van der Waals surface area contributed by atoms with Crippen molar-refractivity contribution in [3.8, 4) is 0 Å². The second kappa shape index (κ2) is 7.66. The van der Waals surface area contributed by atoms with E-state index in [4.69, 9.17) is 0 Å². The Hall–Kier alpha value is -1.26. The number of aliphatic imine (C=N–C) groups is 1. The van der Waals surface area contributed by atoms with Crippen molar-refractivity contribution in [2.75, 3.05) is 26.2 Å². The lowest BCUT2D eigenvalue weighted by Gasteiger charge is -2.20. The highest BCUT2D eigenvalue weighted by Gasteiger charge is 2.28. The molecule has 1 saturated carbocycles. The maximum Gasteiger partial charge on any atom is 0.225 e. The fraction of sp³-hybridized carbons (Fsp3) is 0.875. The minimum Gasteiger partial charge on any atom is -0.357 e. The minimum absolute atomic E-state index is 0.0872. The molecule has 2 N–H and O–H groups in total. The fourth-order valence-electron chi connectivity index (χ4n) is 2.72. The van der Waals surface area contributed by atoms with Crippen LogP contribution in [-0.2, 0) is 4.79 Å². The van der Waals surface area contributed by atoms with Crippen molar-refractivity contribution in [1.82, 2.24) is 15.5 Å². The van der Waals surface area contributed by atoms with Gasteiger partial charge < -0.3 is 15.5 Å². The predicted octanol–water partition coefficient (Wildman–Crippen LogP) is 1.60. The van der Waals surface area contributed by atoms with Crippen LogP contribution in [0.2, 0.25) is 0 Å². The van der Waals surface area contributed by atoms with Crippen LogP contribution in [0, 0.1) is 11.8 Å². The Morgan fingerprint density at radius 1 is 1.33 bits per heavy atom. The average molecular weight is 294 g/mol. The van der Waals surface area contributed by atoms with Crippen molar-refractivity contribution < 1.29 is 4.79 Å². The van der Waals surface area contributed by atoms with E-state index in [2.05, 4.69) is 22.5 Å². The largest absolute Gasteiger partial charge is 0.357 e. The van der Waals surface area contributed by atoms with Crippen LogP contribution in [-0.4, -0.2) is 49.0 Å². The van der Waals surface area contributed by atoms with Crippen molar-refractivity contribution >= 4 is 11.9 Å². The molecule has 2 rings (SSSR count). The minimum atomic E-state index is 0.0872. The molecule has 1 aliphatic carbocycles. The third-order valence-electron chi connectivity index (χ3n) is 4.18. The quantitative estimate of drug-likeness (QED) is 0.578. The molecule has 0 spiro atoms. The average Bonchev–Trinajstić information content (AvgIpc) is 3.15. The molecule has 1 amide bonds. The Kier molecular flexibility index (Phi) is 5.88. The molecule has 2 aliphatic rings. The molecular weight excluding hydrogens is 264 g/mol. The van der Waals surface area contributed by atoms with Gasteiger partial charge in [0.15, 0.2) is 5.96 Å². The molecule has 1 atom stereocenters. The second-order valence-electron chi connectivity index (χ2n) is 6.56. The van der Waals surface area contributed by atoms with Crippen molar-refractivity contribution in [2.45, 2.75) is 52.5 Å². The Morgan fingerprint density at radius 2 is 2.10 bits per heavy atom. The van der Waals surface area contributed by atoms with Gasteiger partial charge in [-0.1, -0.05) is 26.7 Å². The van der Waals surface area contributed by atoms with E-state index in [1.807, 2.05) is 18.7 Å². The van der Waals surface area contributed by atoms with E-state index in [1.165, 1.54) is 19.3 Å². The summed E-state index contributed by atoms with van der Waals surface area (Å²) in [5, 5.41) is 6.79. The van der Waals surface area contributed by atoms with Crippen LogP contribution < -0.4 is 10.6 Å². The van der Waals surface area contributed by atoms with Gasteiger partial charge in [0.05, 0.1) is 0 Å². The molecule has 1 heterocycles. The number of amides is 1. The molecule has 5 nitrogen and oxygen atoms in total. The molecule has 0 aromatic rings. The van der Waals surface area contributed by atoms with Gasteiger partial charge in [0.2, 0.25) is 5.91 Å². The van der Waals surface area contributed by atoms with E-state index < -0.39 is 0 Å². The van der Waals surface area contributed by atoms with Gasteiger partial charge in [0, 0.05) is 38.1 Å². The summed E-state index contributed by atoms with van der Waals surface area (Å²) in [7, 11) is 0. The summed E-state index contributed by atoms with van der Waals surface area (Å²) in [6, 6.07) is 0.325. The van der Waals surface area contributed by atoms with Crippen LogP contribution in [0.3, 0.4) is 0 Å². The zero-order chi connectivity index (χ0) is 15.2. The molecule has 0 radical (unpaired) electrons. The van der Waals surface area contributed by atoms with Crippen LogP contribution in [0.15, 0.2) is 4.99 Å². The molecule has 21 heavy (non-hydrogen) atoms. The fourth-order valence-corrected chi connectivity index (χ4v) is 2.72. The first kappa shape index (κ1) is 16.1. The van der Waals surface area contributed by atoms with Gasteiger partial charge in [-0.25, -0.2) is 0 Å². The molecule has 5 heteroatoms. The summed E-state index contributed by atoms with van der Waals surface area (Å²) in [6.07, 6.45) is 4.98. The van der Waals surface area contributed by atoms with Crippen molar-refractivity contribution in [3.63, 3.8) is 0 Å². The number of nitrogens with zero attached hydrogens (tertiary/aromatic N) is 2. The first-order valence-corrected chi connectivity index (χ1v) is 8.43. The highest BCUT2D eigenvalue weighted by atomic mass is 16.2. The molecule has 1 aliphatic heterocycles. The number of carbonyl (C=O) groups excluding carboxylic acids is 1. The van der Waals surface area contributed by atoms with E-state index in [-0.39, 0.29) is 11.8 Å². The lowest BCUT2D eigenvalue weighted by Crippen LogP contribution is -2.45. The number of guanidine groups is 1. The maximum absolute atomic E-state index is 12.0. The van der Waals surface area contributed by atoms with Crippen LogP contribution in [0.4, 0.5) is 0 Å². The van der Waals surface area contributed by atoms with E-state index in [9.17, 15) is 4.79 Å². The molecule has 1 saturated heterocycles. The first-order valence-electron chi connectivity index (χ1n) is 8.43. The molecule has 1 unspecified atom stereocenters. The summed E-state index contributed by atoms with van der Waals surface area (Å²) in [6.45, 7) is 9.44. The van der Waals surface area contributed by atoms with E-state index in [1.54, 1.807) is 0 Å². The number of rotatable bonds is 6. The van der Waals surface area contributed by atoms with Gasteiger partial charge in [0.1, 0.15) is 0 Å². The lowest BCUT2D eigenvalue weighted by atomic mass is 10.2. The second-order valence-corrected chi connectivity index (χ2v) is 6.56. The van der Waals surface area contributed by atoms with Crippen molar-refractivity contribution in [1.29, 1.82) is 0 Å². The van der Waals surface area contributed by atoms with Crippen LogP contribution in [0.25, 0.3) is 0 Å². The number of carbonyl (C=O) groups is 1. The van der Waals surface area contributed by atoms with Gasteiger partial charge >= 0.3 is 0 Å². The zero-order valence-electron chi connectivity index (χ0n) is 13.7. The third-order valence-corrected chi connectivity index (χ3v) is 4.18. The Labute approximate surface area is 128 Å². The topological polar surface area (TPSA) is 56.7 Å². The summed E-state index contributed by atoms with van der Waals surface area (Å²) in [4.78, 5) is 18.6. The number of nitrogens with one attached hydrogen (secondary N) is 2. The predicted molar refractivity (Wildman–Crippen MR) is 86.3 cm³/mol. The zero-order valence-corrected chi connectivity index (χ0v) is 13.7. The molecular formula is C16H30N4O. The van der Waals surface area contributed by atoms with E-state index in [0.717, 1.165) is 44.5 Å². The van der Waals surface area contributed by atoms with Gasteiger partial charge in [-0.05, 0) is 25.7 Å². The van der Waals surface area contributed by atoms with Gasteiger partial charge in [-0.2, -0.15) is 0 Å². The Bertz CT molecular complexity index is 376. The van der Waals surface area contributed by atoms with Crippen LogP contribution in [0.1, 0.15) is 46.5 Å². The number of hydrogen-bond donors (Lipinski definition) is 2. The van der Waals surface area contributed by atoms with E-state index >= 15 is 0 Å². The number of hydrogen-bond acceptors (Lipinski definition) is 2. The Morgan fingerprint density at radius 3 is 2.71 bits per heavy atom. The highest BCUT2D eigenvalue weighted by molar-refractivity contribution is 5.81. The van der Waals surface area contributed by atoms with Gasteiger partial charge in [-0.15, -0.1) is 0 Å². The molecule has 0 aromatic heterocycles. The number of likely N-dealkylation sites (tertiary alicyclic amines) is 1. The van der Waals surface area contributed by atoms with Crippen molar-refractivity contribution in [2.24, 2.45) is 16.8 Å². The summed E-state index contributed by atoms with van der Waals surface area (Å²) >= 11 is 0. The van der Waals surface area contributed by atoms with Crippen LogP contribution in [0.5, 0.6) is 0 Å². The van der Waals surface area contributed by atoms with Gasteiger partial charge in [-0.3, -0.25) is 9.79 Å². The first-order chi connectivity index (χ1) is 10.1. The van der Waals surface area contributed by atoms with Crippen molar-refractivity contribution in [3.05, 3.63) is 0 Å².